The van der Waals surface area contributed by atoms with E-state index < -0.39 is 10.0 Å². The Hall–Kier alpha value is -1.96. The molecular weight excluding hydrogens is 338 g/mol. The summed E-state index contributed by atoms with van der Waals surface area (Å²) in [6, 6.07) is 13.5. The Kier molecular flexibility index (Phi) is 4.23. The molecule has 0 saturated carbocycles. The molecule has 132 valence electrons. The van der Waals surface area contributed by atoms with Crippen LogP contribution in [0.3, 0.4) is 0 Å². The third-order valence-corrected chi connectivity index (χ3v) is 6.68. The van der Waals surface area contributed by atoms with Crippen molar-refractivity contribution in [3.63, 3.8) is 0 Å². The summed E-state index contributed by atoms with van der Waals surface area (Å²) < 4.78 is 29.6. The summed E-state index contributed by atoms with van der Waals surface area (Å²) in [4.78, 5) is 12.7. The van der Waals surface area contributed by atoms with Crippen LogP contribution in [-0.2, 0) is 10.0 Å². The van der Waals surface area contributed by atoms with Crippen molar-refractivity contribution in [2.75, 3.05) is 19.6 Å². The van der Waals surface area contributed by atoms with E-state index in [1.54, 1.807) is 47.0 Å². The lowest BCUT2D eigenvalue weighted by molar-refractivity contribution is 0.196. The standard InChI is InChI=1S/C18H21N3O3S/c22-18-8-4-7-16-13-9-14(11-19-10-13)17(21(16)18)12-20-25(23,24)15-5-2-1-3-6-15/h1-8,13-14,17,19-20H,9-12H2/t13-,14+,17+/m1/s1. The molecular formula is C18H21N3O3S. The number of nitrogens with zero attached hydrogens (tertiary/aromatic N) is 1. The van der Waals surface area contributed by atoms with Gasteiger partial charge in [0, 0.05) is 37.3 Å². The van der Waals surface area contributed by atoms with E-state index in [9.17, 15) is 13.2 Å². The van der Waals surface area contributed by atoms with Crippen LogP contribution in [0.2, 0.25) is 0 Å². The van der Waals surface area contributed by atoms with E-state index in [2.05, 4.69) is 10.0 Å². The van der Waals surface area contributed by atoms with Crippen molar-refractivity contribution in [1.82, 2.24) is 14.6 Å². The second-order valence-electron chi connectivity index (χ2n) is 6.74. The molecule has 1 fully saturated rings. The van der Waals surface area contributed by atoms with Crippen molar-refractivity contribution < 1.29 is 8.42 Å². The van der Waals surface area contributed by atoms with Crippen molar-refractivity contribution in [1.29, 1.82) is 0 Å². The molecule has 4 rings (SSSR count). The SMILES string of the molecule is O=c1cccc2n1[C@@H](CNS(=O)(=O)c1ccccc1)[C@@H]1CNC[C@H]2C1. The molecule has 3 heterocycles. The quantitative estimate of drug-likeness (QED) is 0.856. The second-order valence-corrected chi connectivity index (χ2v) is 8.51. The van der Waals surface area contributed by atoms with E-state index in [1.165, 1.54) is 0 Å². The Morgan fingerprint density at radius 3 is 2.68 bits per heavy atom. The maximum Gasteiger partial charge on any atom is 0.251 e. The van der Waals surface area contributed by atoms with Gasteiger partial charge in [-0.25, -0.2) is 13.1 Å². The van der Waals surface area contributed by atoms with Gasteiger partial charge >= 0.3 is 0 Å². The van der Waals surface area contributed by atoms with Gasteiger partial charge in [0.1, 0.15) is 0 Å². The summed E-state index contributed by atoms with van der Waals surface area (Å²) in [7, 11) is -3.59. The first-order valence-electron chi connectivity index (χ1n) is 8.53. The molecule has 0 amide bonds. The van der Waals surface area contributed by atoms with Crippen LogP contribution in [0.25, 0.3) is 0 Å². The van der Waals surface area contributed by atoms with Gasteiger partial charge in [-0.1, -0.05) is 24.3 Å². The summed E-state index contributed by atoms with van der Waals surface area (Å²) in [6.07, 6.45) is 0.980. The Labute approximate surface area is 146 Å². The number of benzene rings is 1. The minimum Gasteiger partial charge on any atom is -0.316 e. The molecule has 6 nitrogen and oxygen atoms in total. The largest absolute Gasteiger partial charge is 0.316 e. The summed E-state index contributed by atoms with van der Waals surface area (Å²) in [5, 5.41) is 3.41. The summed E-state index contributed by atoms with van der Waals surface area (Å²) in [5.74, 6) is 0.555. The normalized spacial score (nSPS) is 25.4. The van der Waals surface area contributed by atoms with Crippen molar-refractivity contribution in [3.05, 3.63) is 64.6 Å². The number of rotatable bonds is 4. The van der Waals surface area contributed by atoms with Gasteiger partial charge in [-0.15, -0.1) is 0 Å². The second kappa shape index (κ2) is 6.40. The van der Waals surface area contributed by atoms with Gasteiger partial charge in [0.2, 0.25) is 10.0 Å². The summed E-state index contributed by atoms with van der Waals surface area (Å²) >= 11 is 0. The highest BCUT2D eigenvalue weighted by molar-refractivity contribution is 7.89. The maximum atomic E-state index is 12.5. The molecule has 2 aliphatic rings. The van der Waals surface area contributed by atoms with Crippen LogP contribution in [0.1, 0.15) is 24.1 Å². The monoisotopic (exact) mass is 359 g/mol. The van der Waals surface area contributed by atoms with E-state index in [4.69, 9.17) is 0 Å². The Morgan fingerprint density at radius 2 is 1.88 bits per heavy atom. The first kappa shape index (κ1) is 16.5. The third kappa shape index (κ3) is 3.03. The Bertz CT molecular complexity index is 924. The molecule has 0 unspecified atom stereocenters. The Morgan fingerprint density at radius 1 is 1.08 bits per heavy atom. The maximum absolute atomic E-state index is 12.5. The molecule has 1 saturated heterocycles. The van der Waals surface area contributed by atoms with Crippen molar-refractivity contribution in [3.8, 4) is 0 Å². The molecule has 0 radical (unpaired) electrons. The minimum absolute atomic E-state index is 0.0574. The minimum atomic E-state index is -3.59. The molecule has 0 spiro atoms. The predicted molar refractivity (Wildman–Crippen MR) is 95.1 cm³/mol. The summed E-state index contributed by atoms with van der Waals surface area (Å²) in [5.41, 5.74) is 0.942. The van der Waals surface area contributed by atoms with Crippen molar-refractivity contribution >= 4 is 10.0 Å². The van der Waals surface area contributed by atoms with Gasteiger partial charge in [0.15, 0.2) is 0 Å². The van der Waals surface area contributed by atoms with Gasteiger partial charge in [0.25, 0.3) is 5.56 Å². The molecule has 1 aromatic carbocycles. The van der Waals surface area contributed by atoms with Crippen LogP contribution in [0, 0.1) is 5.92 Å². The fourth-order valence-corrected chi connectivity index (χ4v) is 5.12. The molecule has 1 aromatic heterocycles. The molecule has 2 aromatic rings. The average Bonchev–Trinajstić information content (AvgIpc) is 2.63. The topological polar surface area (TPSA) is 80.2 Å². The molecule has 2 aliphatic heterocycles. The number of sulfonamides is 1. The first-order chi connectivity index (χ1) is 12.1. The van der Waals surface area contributed by atoms with Gasteiger partial charge in [-0.3, -0.25) is 4.79 Å². The zero-order valence-electron chi connectivity index (χ0n) is 13.8. The fraction of sp³-hybridized carbons (Fsp3) is 0.389. The van der Waals surface area contributed by atoms with Crippen LogP contribution in [0.15, 0.2) is 58.2 Å². The highest BCUT2D eigenvalue weighted by Gasteiger charge is 2.38. The van der Waals surface area contributed by atoms with Gasteiger partial charge in [0.05, 0.1) is 10.9 Å². The summed E-state index contributed by atoms with van der Waals surface area (Å²) in [6.45, 7) is 1.88. The van der Waals surface area contributed by atoms with E-state index in [-0.39, 0.29) is 29.0 Å². The molecule has 7 heteroatoms. The van der Waals surface area contributed by atoms with Crippen LogP contribution < -0.4 is 15.6 Å². The molecule has 2 N–H and O–H groups in total. The van der Waals surface area contributed by atoms with Crippen LogP contribution in [-0.4, -0.2) is 32.6 Å². The zero-order chi connectivity index (χ0) is 17.4. The lowest BCUT2D eigenvalue weighted by Gasteiger charge is -2.43. The third-order valence-electron chi connectivity index (χ3n) is 5.24. The highest BCUT2D eigenvalue weighted by atomic mass is 32.2. The smallest absolute Gasteiger partial charge is 0.251 e. The zero-order valence-corrected chi connectivity index (χ0v) is 14.6. The number of hydrogen-bond donors (Lipinski definition) is 2. The molecule has 25 heavy (non-hydrogen) atoms. The van der Waals surface area contributed by atoms with Crippen LogP contribution in [0.5, 0.6) is 0 Å². The number of hydrogen-bond acceptors (Lipinski definition) is 4. The van der Waals surface area contributed by atoms with Gasteiger partial charge < -0.3 is 9.88 Å². The van der Waals surface area contributed by atoms with Crippen molar-refractivity contribution in [2.45, 2.75) is 23.3 Å². The van der Waals surface area contributed by atoms with E-state index >= 15 is 0 Å². The van der Waals surface area contributed by atoms with Gasteiger partial charge in [-0.05, 0) is 30.5 Å². The first-order valence-corrected chi connectivity index (χ1v) is 10.0. The lowest BCUT2D eigenvalue weighted by Crippen LogP contribution is -2.50. The van der Waals surface area contributed by atoms with Gasteiger partial charge in [-0.2, -0.15) is 0 Å². The lowest BCUT2D eigenvalue weighted by atomic mass is 9.79. The van der Waals surface area contributed by atoms with E-state index in [0.717, 1.165) is 25.2 Å². The Balaban J connectivity index is 1.64. The predicted octanol–water partition coefficient (Wildman–Crippen LogP) is 1.07. The molecule has 3 atom stereocenters. The number of piperidine rings is 1. The molecule has 2 bridgehead atoms. The highest BCUT2D eigenvalue weighted by Crippen LogP contribution is 2.38. The number of aromatic nitrogens is 1. The van der Waals surface area contributed by atoms with Crippen LogP contribution >= 0.6 is 0 Å². The number of nitrogens with one attached hydrogen (secondary N) is 2. The van der Waals surface area contributed by atoms with Crippen LogP contribution in [0.4, 0.5) is 0 Å². The number of fused-ring (bicyclic) bond motifs is 4. The molecule has 0 aliphatic carbocycles. The number of pyridine rings is 1. The van der Waals surface area contributed by atoms with E-state index in [0.29, 0.717) is 5.92 Å². The fourth-order valence-electron chi connectivity index (χ4n) is 4.04. The van der Waals surface area contributed by atoms with Crippen molar-refractivity contribution in [2.24, 2.45) is 5.92 Å². The average molecular weight is 359 g/mol. The van der Waals surface area contributed by atoms with E-state index in [1.807, 2.05) is 6.07 Å².